The Morgan fingerprint density at radius 2 is 1.64 bits per heavy atom. The lowest BCUT2D eigenvalue weighted by Gasteiger charge is -2.04. The van der Waals surface area contributed by atoms with Gasteiger partial charge in [0.1, 0.15) is 13.1 Å². The second-order valence-corrected chi connectivity index (χ2v) is 2.20. The molecule has 0 bridgehead atoms. The summed E-state index contributed by atoms with van der Waals surface area (Å²) < 4.78 is 8.51. The first-order valence-corrected chi connectivity index (χ1v) is 3.75. The minimum atomic E-state index is -0.710. The van der Waals surface area contributed by atoms with E-state index in [0.717, 1.165) is 0 Å². The highest BCUT2D eigenvalue weighted by Crippen LogP contribution is 1.73. The maximum absolute atomic E-state index is 10.9. The van der Waals surface area contributed by atoms with Gasteiger partial charge in [0.15, 0.2) is 0 Å². The summed E-state index contributed by atoms with van der Waals surface area (Å²) >= 11 is 0. The fraction of sp³-hybridized carbons (Fsp3) is 0.571. The molecule has 0 saturated heterocycles. The predicted octanol–water partition coefficient (Wildman–Crippen LogP) is -1.37. The third-order valence-corrected chi connectivity index (χ3v) is 1.24. The molecule has 7 heteroatoms. The number of carbonyl (C=O) groups is 3. The highest BCUT2D eigenvalue weighted by atomic mass is 16.5. The van der Waals surface area contributed by atoms with Crippen molar-refractivity contribution in [3.05, 3.63) is 0 Å². The highest BCUT2D eigenvalue weighted by Gasteiger charge is 2.06. The van der Waals surface area contributed by atoms with E-state index < -0.39 is 18.0 Å². The predicted molar refractivity (Wildman–Crippen MR) is 45.4 cm³/mol. The quantitative estimate of drug-likeness (QED) is 0.551. The van der Waals surface area contributed by atoms with Crippen LogP contribution >= 0.6 is 0 Å². The second kappa shape index (κ2) is 6.70. The van der Waals surface area contributed by atoms with Crippen molar-refractivity contribution in [1.82, 2.24) is 10.6 Å². The number of carbonyl (C=O) groups excluding carboxylic acids is 3. The molecule has 0 aromatic rings. The average molecular weight is 204 g/mol. The number of ether oxygens (including phenoxy) is 2. The molecule has 0 fully saturated rings. The van der Waals surface area contributed by atoms with Gasteiger partial charge >= 0.3 is 12.1 Å². The number of methoxy groups -OCH3 is 2. The van der Waals surface area contributed by atoms with E-state index >= 15 is 0 Å². The molecule has 0 atom stereocenters. The van der Waals surface area contributed by atoms with Crippen LogP contribution < -0.4 is 10.6 Å². The Morgan fingerprint density at radius 3 is 2.14 bits per heavy atom. The van der Waals surface area contributed by atoms with E-state index in [9.17, 15) is 14.4 Å². The van der Waals surface area contributed by atoms with Crippen molar-refractivity contribution in [2.45, 2.75) is 0 Å². The SMILES string of the molecule is COC(=O)CNC(=O)CNC(=O)OC. The molecule has 0 radical (unpaired) electrons. The number of nitrogens with one attached hydrogen (secondary N) is 2. The van der Waals surface area contributed by atoms with Gasteiger partial charge in [-0.25, -0.2) is 4.79 Å². The number of hydrogen-bond acceptors (Lipinski definition) is 5. The van der Waals surface area contributed by atoms with Crippen molar-refractivity contribution in [3.8, 4) is 0 Å². The monoisotopic (exact) mass is 204 g/mol. The Hall–Kier alpha value is -1.79. The molecule has 0 aliphatic rings. The summed E-state index contributed by atoms with van der Waals surface area (Å²) in [5, 5.41) is 4.38. The third-order valence-electron chi connectivity index (χ3n) is 1.24. The zero-order valence-corrected chi connectivity index (χ0v) is 7.96. The highest BCUT2D eigenvalue weighted by molar-refractivity contribution is 5.85. The number of rotatable bonds is 4. The molecule has 0 saturated carbocycles. The smallest absolute Gasteiger partial charge is 0.407 e. The van der Waals surface area contributed by atoms with Crippen molar-refractivity contribution in [2.75, 3.05) is 27.3 Å². The molecule has 0 unspecified atom stereocenters. The summed E-state index contributed by atoms with van der Waals surface area (Å²) in [6.07, 6.45) is -0.710. The summed E-state index contributed by atoms with van der Waals surface area (Å²) in [6.45, 7) is -0.470. The van der Waals surface area contributed by atoms with E-state index in [4.69, 9.17) is 0 Å². The minimum absolute atomic E-state index is 0.224. The first-order chi connectivity index (χ1) is 6.60. The molecule has 0 rings (SSSR count). The zero-order chi connectivity index (χ0) is 11.0. The molecular formula is C7H12N2O5. The van der Waals surface area contributed by atoms with Crippen molar-refractivity contribution in [1.29, 1.82) is 0 Å². The van der Waals surface area contributed by atoms with Crippen LogP contribution in [0.3, 0.4) is 0 Å². The van der Waals surface area contributed by atoms with Crippen LogP contribution in [-0.2, 0) is 19.1 Å². The Balaban J connectivity index is 3.56. The van der Waals surface area contributed by atoms with Gasteiger partial charge in [-0.15, -0.1) is 0 Å². The van der Waals surface area contributed by atoms with Crippen LogP contribution in [0, 0.1) is 0 Å². The van der Waals surface area contributed by atoms with E-state index in [1.54, 1.807) is 0 Å². The van der Waals surface area contributed by atoms with Crippen LogP contribution in [0.4, 0.5) is 4.79 Å². The van der Waals surface area contributed by atoms with Gasteiger partial charge in [-0.2, -0.15) is 0 Å². The lowest BCUT2D eigenvalue weighted by Crippen LogP contribution is -2.39. The van der Waals surface area contributed by atoms with Crippen LogP contribution in [0.25, 0.3) is 0 Å². The summed E-state index contributed by atoms with van der Waals surface area (Å²) in [6, 6.07) is 0. The molecule has 80 valence electrons. The standard InChI is InChI=1S/C7H12N2O5/c1-13-6(11)4-8-5(10)3-9-7(12)14-2/h3-4H2,1-2H3,(H,8,10)(H,9,12). The summed E-state index contributed by atoms with van der Waals surface area (Å²) in [4.78, 5) is 32.0. The second-order valence-electron chi connectivity index (χ2n) is 2.20. The molecule has 14 heavy (non-hydrogen) atoms. The summed E-state index contributed by atoms with van der Waals surface area (Å²) in [5.74, 6) is -1.06. The molecule has 2 N–H and O–H groups in total. The molecule has 7 nitrogen and oxygen atoms in total. The normalized spacial score (nSPS) is 8.71. The Morgan fingerprint density at radius 1 is 1.00 bits per heavy atom. The van der Waals surface area contributed by atoms with Crippen LogP contribution in [0.1, 0.15) is 0 Å². The molecule has 0 heterocycles. The Bertz CT molecular complexity index is 206. The lowest BCUT2D eigenvalue weighted by atomic mass is 10.5. The van der Waals surface area contributed by atoms with Gasteiger partial charge in [0.05, 0.1) is 14.2 Å². The van der Waals surface area contributed by atoms with Crippen LogP contribution in [-0.4, -0.2) is 45.3 Å². The van der Waals surface area contributed by atoms with Crippen LogP contribution in [0.15, 0.2) is 0 Å². The van der Waals surface area contributed by atoms with Gasteiger partial charge in [0, 0.05) is 0 Å². The molecule has 0 aliphatic heterocycles. The van der Waals surface area contributed by atoms with Crippen molar-refractivity contribution < 1.29 is 23.9 Å². The fourth-order valence-corrected chi connectivity index (χ4v) is 0.530. The maximum Gasteiger partial charge on any atom is 0.407 e. The van der Waals surface area contributed by atoms with Gasteiger partial charge in [-0.05, 0) is 0 Å². The average Bonchev–Trinajstić information content (AvgIpc) is 2.22. The third kappa shape index (κ3) is 5.81. The van der Waals surface area contributed by atoms with E-state index in [-0.39, 0.29) is 13.1 Å². The topological polar surface area (TPSA) is 93.7 Å². The summed E-state index contributed by atoms with van der Waals surface area (Å²) in [7, 11) is 2.39. The van der Waals surface area contributed by atoms with E-state index in [2.05, 4.69) is 20.1 Å². The van der Waals surface area contributed by atoms with Gasteiger partial charge in [0.25, 0.3) is 0 Å². The van der Waals surface area contributed by atoms with Crippen molar-refractivity contribution in [2.24, 2.45) is 0 Å². The number of hydrogen-bond donors (Lipinski definition) is 2. The molecule has 0 spiro atoms. The number of alkyl carbamates (subject to hydrolysis) is 1. The number of amides is 2. The van der Waals surface area contributed by atoms with Gasteiger partial charge < -0.3 is 20.1 Å². The first-order valence-electron chi connectivity index (χ1n) is 3.75. The lowest BCUT2D eigenvalue weighted by molar-refractivity contribution is -0.141. The Kier molecular flexibility index (Phi) is 5.84. The zero-order valence-electron chi connectivity index (χ0n) is 7.96. The first kappa shape index (κ1) is 12.2. The Labute approximate surface area is 80.7 Å². The molecular weight excluding hydrogens is 192 g/mol. The van der Waals surface area contributed by atoms with E-state index in [1.807, 2.05) is 0 Å². The molecule has 0 aromatic carbocycles. The fourth-order valence-electron chi connectivity index (χ4n) is 0.530. The van der Waals surface area contributed by atoms with Gasteiger partial charge in [-0.3, -0.25) is 9.59 Å². The molecule has 2 amide bonds. The van der Waals surface area contributed by atoms with Crippen molar-refractivity contribution in [3.63, 3.8) is 0 Å². The van der Waals surface area contributed by atoms with Crippen LogP contribution in [0.5, 0.6) is 0 Å². The van der Waals surface area contributed by atoms with E-state index in [0.29, 0.717) is 0 Å². The minimum Gasteiger partial charge on any atom is -0.468 e. The van der Waals surface area contributed by atoms with Gasteiger partial charge in [0.2, 0.25) is 5.91 Å². The molecule has 0 aliphatic carbocycles. The largest absolute Gasteiger partial charge is 0.468 e. The number of esters is 1. The van der Waals surface area contributed by atoms with Gasteiger partial charge in [-0.1, -0.05) is 0 Å². The molecule has 0 aromatic heterocycles. The van der Waals surface area contributed by atoms with Crippen LogP contribution in [0.2, 0.25) is 0 Å². The van der Waals surface area contributed by atoms with E-state index in [1.165, 1.54) is 14.2 Å². The summed E-state index contributed by atoms with van der Waals surface area (Å²) in [5.41, 5.74) is 0. The maximum atomic E-state index is 10.9. The van der Waals surface area contributed by atoms with Crippen molar-refractivity contribution >= 4 is 18.0 Å².